The fourth-order valence-electron chi connectivity index (χ4n) is 8.66. The minimum atomic E-state index is -0.954. The van der Waals surface area contributed by atoms with Crippen LogP contribution in [0.25, 0.3) is 44.4 Å². The molecule has 5 atom stereocenters. The van der Waals surface area contributed by atoms with Crippen molar-refractivity contribution in [2.75, 3.05) is 27.3 Å². The Labute approximate surface area is 359 Å². The van der Waals surface area contributed by atoms with Crippen molar-refractivity contribution in [2.24, 2.45) is 11.8 Å². The first-order chi connectivity index (χ1) is 30.0. The molecule has 0 bridgehead atoms. The van der Waals surface area contributed by atoms with Crippen molar-refractivity contribution >= 4 is 34.8 Å². The van der Waals surface area contributed by atoms with Gasteiger partial charge in [0, 0.05) is 36.6 Å². The van der Waals surface area contributed by atoms with Gasteiger partial charge in [-0.15, -0.1) is 0 Å². The summed E-state index contributed by atoms with van der Waals surface area (Å²) in [5.74, 6) is 1.13. The Hall–Kier alpha value is -7.03. The molecule has 2 saturated heterocycles. The quantitative estimate of drug-likeness (QED) is 0.101. The number of amides is 4. The lowest BCUT2D eigenvalue weighted by molar-refractivity contribution is -0.136. The molecule has 2 fully saturated rings. The summed E-state index contributed by atoms with van der Waals surface area (Å²) in [5, 5.41) is 7.57. The van der Waals surface area contributed by atoms with Crippen LogP contribution in [0.15, 0.2) is 97.6 Å². The van der Waals surface area contributed by atoms with Gasteiger partial charge in [0.1, 0.15) is 23.7 Å². The van der Waals surface area contributed by atoms with Gasteiger partial charge < -0.3 is 39.9 Å². The van der Waals surface area contributed by atoms with E-state index in [-0.39, 0.29) is 35.7 Å². The van der Waals surface area contributed by atoms with E-state index in [1.807, 2.05) is 24.9 Å². The van der Waals surface area contributed by atoms with E-state index in [0.717, 1.165) is 69.5 Å². The highest BCUT2D eigenvalue weighted by atomic mass is 16.5. The van der Waals surface area contributed by atoms with Crippen molar-refractivity contribution in [1.29, 1.82) is 0 Å². The van der Waals surface area contributed by atoms with Gasteiger partial charge in [0.25, 0.3) is 5.91 Å². The van der Waals surface area contributed by atoms with Crippen LogP contribution >= 0.6 is 0 Å². The second kappa shape index (κ2) is 17.9. The summed E-state index contributed by atoms with van der Waals surface area (Å²) in [7, 11) is 2.56. The molecule has 0 radical (unpaired) electrons. The topological polar surface area (TPSA) is 188 Å². The van der Waals surface area contributed by atoms with Crippen molar-refractivity contribution in [3.05, 3.63) is 115 Å². The third kappa shape index (κ3) is 8.60. The highest BCUT2D eigenvalue weighted by Gasteiger charge is 2.40. The van der Waals surface area contributed by atoms with Crippen LogP contribution in [0.1, 0.15) is 75.4 Å². The largest absolute Gasteiger partial charge is 0.453 e. The first-order valence-corrected chi connectivity index (χ1v) is 21.0. The lowest BCUT2D eigenvalue weighted by Crippen LogP contribution is -2.51. The van der Waals surface area contributed by atoms with Crippen LogP contribution in [0.4, 0.5) is 9.59 Å². The number of pyridine rings is 1. The van der Waals surface area contributed by atoms with Gasteiger partial charge in [0.2, 0.25) is 5.91 Å². The smallest absolute Gasteiger partial charge is 0.407 e. The van der Waals surface area contributed by atoms with Crippen LogP contribution in [-0.4, -0.2) is 92.1 Å². The van der Waals surface area contributed by atoms with Crippen molar-refractivity contribution in [3.8, 4) is 33.6 Å². The molecule has 0 saturated carbocycles. The third-order valence-corrected chi connectivity index (χ3v) is 11.9. The molecule has 8 rings (SSSR count). The van der Waals surface area contributed by atoms with Gasteiger partial charge in [0.15, 0.2) is 0 Å². The third-order valence-electron chi connectivity index (χ3n) is 11.9. The number of nitrogens with one attached hydrogen (secondary N) is 4. The second-order valence-corrected chi connectivity index (χ2v) is 16.5. The summed E-state index contributed by atoms with van der Waals surface area (Å²) >= 11 is 0. The predicted octanol–water partition coefficient (Wildman–Crippen LogP) is 7.73. The van der Waals surface area contributed by atoms with Gasteiger partial charge in [-0.3, -0.25) is 14.6 Å². The van der Waals surface area contributed by atoms with Crippen LogP contribution in [0.5, 0.6) is 0 Å². The van der Waals surface area contributed by atoms with E-state index >= 15 is 0 Å². The summed E-state index contributed by atoms with van der Waals surface area (Å²) < 4.78 is 9.61. The average Bonchev–Trinajstić information content (AvgIpc) is 4.14. The number of hydrogen-bond donors (Lipinski definition) is 4. The fraction of sp³-hybridized carbons (Fsp3) is 0.340. The maximum Gasteiger partial charge on any atom is 0.407 e. The zero-order chi connectivity index (χ0) is 43.5. The maximum absolute atomic E-state index is 14.0. The number of methoxy groups -OCH3 is 2. The molecule has 320 valence electrons. The number of rotatable bonds is 11. The molecule has 0 aliphatic carbocycles. The molecular weight excluding hydrogens is 787 g/mol. The summed E-state index contributed by atoms with van der Waals surface area (Å²) in [5.41, 5.74) is 6.36. The summed E-state index contributed by atoms with van der Waals surface area (Å²) in [6, 6.07) is 22.4. The van der Waals surface area contributed by atoms with Gasteiger partial charge in [-0.2, -0.15) is 0 Å². The Bertz CT molecular complexity index is 2570. The molecule has 15 nitrogen and oxygen atoms in total. The number of aromatic amines is 2. The van der Waals surface area contributed by atoms with E-state index in [0.29, 0.717) is 24.5 Å². The van der Waals surface area contributed by atoms with E-state index in [9.17, 15) is 19.2 Å². The summed E-state index contributed by atoms with van der Waals surface area (Å²) in [6.07, 6.45) is 7.83. The standard InChI is InChI=1S/C47H51N9O6/c1-27(2)40(53-46(59)61-4)44(57)55-19-7-9-38(55)42-49-25-37(52-42)34-17-16-32-21-31(14-15-33(32)22-34)29-10-12-30(13-11-29)36-24-50-43(51-36)39-20-28(3)26-56(39)45(58)41(54-47(60)62-5)35-8-6-18-48-23-35/h6,8,10-18,21-25,27-28,38-41H,7,9,19-20,26H2,1-5H3,(H,49,52)(H,50,51)(H,53,59)(H,54,60)/t28-,38+,39+,40+,41?/m1/s1. The van der Waals surface area contributed by atoms with Crippen molar-refractivity contribution in [2.45, 2.75) is 64.2 Å². The van der Waals surface area contributed by atoms with Crippen LogP contribution in [0.3, 0.4) is 0 Å². The Balaban J connectivity index is 0.950. The second-order valence-electron chi connectivity index (χ2n) is 16.5. The van der Waals surface area contributed by atoms with Crippen LogP contribution in [0, 0.1) is 11.8 Å². The lowest BCUT2D eigenvalue weighted by atomic mass is 9.98. The number of H-pyrrole nitrogens is 2. The van der Waals surface area contributed by atoms with Gasteiger partial charge in [-0.1, -0.05) is 75.4 Å². The number of benzene rings is 3. The molecule has 6 aromatic rings. The number of alkyl carbamates (subject to hydrolysis) is 2. The van der Waals surface area contributed by atoms with Crippen molar-refractivity contribution in [3.63, 3.8) is 0 Å². The number of aromatic nitrogens is 5. The van der Waals surface area contributed by atoms with Crippen LogP contribution in [-0.2, 0) is 19.1 Å². The van der Waals surface area contributed by atoms with E-state index in [2.05, 4.69) is 93.2 Å². The van der Waals surface area contributed by atoms with Gasteiger partial charge in [0.05, 0.1) is 50.1 Å². The molecule has 5 heterocycles. The lowest BCUT2D eigenvalue weighted by Gasteiger charge is -2.30. The number of likely N-dealkylation sites (tertiary alicyclic amines) is 2. The van der Waals surface area contributed by atoms with E-state index < -0.39 is 24.3 Å². The van der Waals surface area contributed by atoms with E-state index in [4.69, 9.17) is 19.4 Å². The van der Waals surface area contributed by atoms with Gasteiger partial charge in [-0.05, 0) is 76.8 Å². The molecule has 2 aliphatic rings. The number of hydrogen-bond acceptors (Lipinski definition) is 9. The van der Waals surface area contributed by atoms with Gasteiger partial charge >= 0.3 is 12.2 Å². The molecule has 2 aliphatic heterocycles. The average molecular weight is 838 g/mol. The minimum absolute atomic E-state index is 0.110. The minimum Gasteiger partial charge on any atom is -0.453 e. The Morgan fingerprint density at radius 2 is 1.34 bits per heavy atom. The van der Waals surface area contributed by atoms with Crippen LogP contribution in [0.2, 0.25) is 0 Å². The number of imidazole rings is 2. The molecule has 62 heavy (non-hydrogen) atoms. The number of carbonyl (C=O) groups is 4. The normalized spacial score (nSPS) is 18.5. The van der Waals surface area contributed by atoms with Crippen molar-refractivity contribution < 1.29 is 28.7 Å². The highest BCUT2D eigenvalue weighted by Crippen LogP contribution is 2.38. The monoisotopic (exact) mass is 837 g/mol. The van der Waals surface area contributed by atoms with Crippen molar-refractivity contribution in [1.82, 2.24) is 45.4 Å². The number of ether oxygens (including phenoxy) is 2. The Morgan fingerprint density at radius 3 is 2.00 bits per heavy atom. The molecule has 3 aromatic carbocycles. The summed E-state index contributed by atoms with van der Waals surface area (Å²) in [6.45, 7) is 7.02. The molecule has 15 heteroatoms. The number of fused-ring (bicyclic) bond motifs is 1. The van der Waals surface area contributed by atoms with Crippen LogP contribution < -0.4 is 10.6 Å². The van der Waals surface area contributed by atoms with E-state index in [1.165, 1.54) is 14.2 Å². The number of carbonyl (C=O) groups excluding carboxylic acids is 4. The number of nitrogens with zero attached hydrogens (tertiary/aromatic N) is 5. The maximum atomic E-state index is 14.0. The Kier molecular flexibility index (Phi) is 12.0. The first-order valence-electron chi connectivity index (χ1n) is 21.0. The molecular formula is C47H51N9O6. The molecule has 4 amide bonds. The molecule has 4 N–H and O–H groups in total. The highest BCUT2D eigenvalue weighted by molar-refractivity contribution is 5.91. The fourth-order valence-corrected chi connectivity index (χ4v) is 8.66. The molecule has 3 aromatic heterocycles. The predicted molar refractivity (Wildman–Crippen MR) is 233 cm³/mol. The summed E-state index contributed by atoms with van der Waals surface area (Å²) in [4.78, 5) is 76.1. The first kappa shape index (κ1) is 41.7. The molecule has 1 unspecified atom stereocenters. The zero-order valence-electron chi connectivity index (χ0n) is 35.4. The SMILES string of the molecule is COC(=O)NC(C(=O)N1C[C@H](C)C[C@H]1c1ncc(-c2ccc(-c3ccc4cc(-c5cnc([C@@H]6CCCN6C(=O)[C@@H](NC(=O)OC)C(C)C)[nH]5)ccc4c3)cc2)[nH]1)c1cccnc1. The van der Waals surface area contributed by atoms with E-state index in [1.54, 1.807) is 35.6 Å². The van der Waals surface area contributed by atoms with Gasteiger partial charge in [-0.25, -0.2) is 19.6 Å². The Morgan fingerprint density at radius 1 is 0.726 bits per heavy atom. The molecule has 0 spiro atoms. The zero-order valence-corrected chi connectivity index (χ0v) is 35.4.